The van der Waals surface area contributed by atoms with Crippen LogP contribution >= 0.6 is 11.6 Å². The Labute approximate surface area is 87.9 Å². The van der Waals surface area contributed by atoms with Crippen molar-refractivity contribution in [2.45, 2.75) is 13.0 Å². The first-order valence-electron chi connectivity index (χ1n) is 4.59. The third-order valence-corrected chi connectivity index (χ3v) is 2.49. The first kappa shape index (κ1) is 9.68. The number of anilines is 1. The monoisotopic (exact) mass is 213 g/mol. The lowest BCUT2D eigenvalue weighted by molar-refractivity contribution is 0.0985. The zero-order chi connectivity index (χ0) is 9.97. The molecule has 2 heterocycles. The van der Waals surface area contributed by atoms with Crippen molar-refractivity contribution in [1.29, 1.82) is 0 Å². The predicted molar refractivity (Wildman–Crippen MR) is 54.7 cm³/mol. The topological polar surface area (TPSA) is 38.2 Å². The van der Waals surface area contributed by atoms with Gasteiger partial charge in [0, 0.05) is 12.6 Å². The molecule has 1 atom stereocenters. The van der Waals surface area contributed by atoms with Gasteiger partial charge < -0.3 is 9.64 Å². The van der Waals surface area contributed by atoms with Gasteiger partial charge >= 0.3 is 0 Å². The summed E-state index contributed by atoms with van der Waals surface area (Å²) in [6, 6.07) is 2.12. The van der Waals surface area contributed by atoms with E-state index in [-0.39, 0.29) is 0 Å². The van der Waals surface area contributed by atoms with Crippen LogP contribution in [0, 0.1) is 0 Å². The standard InChI is InChI=1S/C9H12ClN3O/c1-7-5-14-3-2-13(7)9-4-8(10)11-6-12-9/h4,6-7H,2-3,5H2,1H3. The highest BCUT2D eigenvalue weighted by Crippen LogP contribution is 2.18. The van der Waals surface area contributed by atoms with Gasteiger partial charge in [-0.25, -0.2) is 9.97 Å². The average Bonchev–Trinajstić information content (AvgIpc) is 2.18. The maximum atomic E-state index is 5.80. The molecule has 1 fully saturated rings. The number of hydrogen-bond donors (Lipinski definition) is 0. The van der Waals surface area contributed by atoms with E-state index in [1.54, 1.807) is 6.07 Å². The van der Waals surface area contributed by atoms with E-state index in [2.05, 4.69) is 21.8 Å². The van der Waals surface area contributed by atoms with Crippen molar-refractivity contribution in [2.24, 2.45) is 0 Å². The third kappa shape index (κ3) is 1.96. The average molecular weight is 214 g/mol. The molecule has 14 heavy (non-hydrogen) atoms. The summed E-state index contributed by atoms with van der Waals surface area (Å²) in [4.78, 5) is 10.2. The molecule has 2 rings (SSSR count). The van der Waals surface area contributed by atoms with E-state index >= 15 is 0 Å². The van der Waals surface area contributed by atoms with Crippen LogP contribution in [0.4, 0.5) is 5.82 Å². The normalized spacial score (nSPS) is 22.4. The van der Waals surface area contributed by atoms with Crippen molar-refractivity contribution in [3.63, 3.8) is 0 Å². The SMILES string of the molecule is CC1COCCN1c1cc(Cl)ncn1. The van der Waals surface area contributed by atoms with Crippen LogP contribution in [0.2, 0.25) is 5.15 Å². The molecule has 0 spiro atoms. The van der Waals surface area contributed by atoms with Crippen LogP contribution in [-0.4, -0.2) is 35.8 Å². The second-order valence-electron chi connectivity index (χ2n) is 3.32. The third-order valence-electron chi connectivity index (χ3n) is 2.28. The number of nitrogens with zero attached hydrogens (tertiary/aromatic N) is 3. The van der Waals surface area contributed by atoms with Crippen molar-refractivity contribution in [1.82, 2.24) is 9.97 Å². The van der Waals surface area contributed by atoms with Gasteiger partial charge in [-0.15, -0.1) is 0 Å². The minimum absolute atomic E-state index is 0.342. The lowest BCUT2D eigenvalue weighted by Crippen LogP contribution is -2.44. The smallest absolute Gasteiger partial charge is 0.134 e. The lowest BCUT2D eigenvalue weighted by atomic mass is 10.2. The summed E-state index contributed by atoms with van der Waals surface area (Å²) < 4.78 is 5.35. The quantitative estimate of drug-likeness (QED) is 0.661. The van der Waals surface area contributed by atoms with Crippen LogP contribution in [0.3, 0.4) is 0 Å². The number of aromatic nitrogens is 2. The first-order chi connectivity index (χ1) is 6.77. The van der Waals surface area contributed by atoms with Gasteiger partial charge in [0.25, 0.3) is 0 Å². The zero-order valence-corrected chi connectivity index (χ0v) is 8.74. The molecule has 0 aliphatic carbocycles. The second-order valence-corrected chi connectivity index (χ2v) is 3.70. The Bertz CT molecular complexity index is 321. The molecule has 76 valence electrons. The van der Waals surface area contributed by atoms with Gasteiger partial charge in [0.1, 0.15) is 17.3 Å². The van der Waals surface area contributed by atoms with E-state index in [1.807, 2.05) is 0 Å². The first-order valence-corrected chi connectivity index (χ1v) is 4.97. The van der Waals surface area contributed by atoms with E-state index in [4.69, 9.17) is 16.3 Å². The van der Waals surface area contributed by atoms with Gasteiger partial charge in [-0.3, -0.25) is 0 Å². The van der Waals surface area contributed by atoms with Gasteiger partial charge in [-0.1, -0.05) is 11.6 Å². The maximum absolute atomic E-state index is 5.80. The van der Waals surface area contributed by atoms with Crippen molar-refractivity contribution in [3.05, 3.63) is 17.5 Å². The number of ether oxygens (including phenoxy) is 1. The molecule has 1 aliphatic heterocycles. The van der Waals surface area contributed by atoms with Crippen LogP contribution in [0.1, 0.15) is 6.92 Å². The predicted octanol–water partition coefficient (Wildman–Crippen LogP) is 1.36. The molecule has 1 saturated heterocycles. The molecule has 0 bridgehead atoms. The van der Waals surface area contributed by atoms with E-state index in [9.17, 15) is 0 Å². The summed E-state index contributed by atoms with van der Waals surface area (Å²) in [5, 5.41) is 0.480. The molecule has 0 radical (unpaired) electrons. The van der Waals surface area contributed by atoms with Crippen LogP contribution < -0.4 is 4.90 Å². The summed E-state index contributed by atoms with van der Waals surface area (Å²) in [6.45, 7) is 4.44. The van der Waals surface area contributed by atoms with Crippen molar-refractivity contribution >= 4 is 17.4 Å². The summed E-state index contributed by atoms with van der Waals surface area (Å²) >= 11 is 5.80. The zero-order valence-electron chi connectivity index (χ0n) is 7.98. The van der Waals surface area contributed by atoms with Gasteiger partial charge in [0.15, 0.2) is 0 Å². The largest absolute Gasteiger partial charge is 0.377 e. The Kier molecular flexibility index (Phi) is 2.84. The highest BCUT2D eigenvalue weighted by molar-refractivity contribution is 6.29. The van der Waals surface area contributed by atoms with E-state index < -0.39 is 0 Å². The molecular weight excluding hydrogens is 202 g/mol. The van der Waals surface area contributed by atoms with Crippen molar-refractivity contribution < 1.29 is 4.74 Å². The number of morpholine rings is 1. The Hall–Kier alpha value is -0.870. The highest BCUT2D eigenvalue weighted by atomic mass is 35.5. The molecule has 0 aromatic carbocycles. The number of hydrogen-bond acceptors (Lipinski definition) is 4. The minimum atomic E-state index is 0.342. The minimum Gasteiger partial charge on any atom is -0.377 e. The number of rotatable bonds is 1. The maximum Gasteiger partial charge on any atom is 0.134 e. The van der Waals surface area contributed by atoms with Crippen LogP contribution in [0.25, 0.3) is 0 Å². The second kappa shape index (κ2) is 4.11. The van der Waals surface area contributed by atoms with Crippen molar-refractivity contribution in [3.8, 4) is 0 Å². The van der Waals surface area contributed by atoms with Crippen LogP contribution in [-0.2, 0) is 4.74 Å². The van der Waals surface area contributed by atoms with Gasteiger partial charge in [0.05, 0.1) is 19.3 Å². The molecular formula is C9H12ClN3O. The molecule has 0 N–H and O–H groups in total. The fourth-order valence-electron chi connectivity index (χ4n) is 1.55. The van der Waals surface area contributed by atoms with E-state index in [0.717, 1.165) is 25.6 Å². The van der Waals surface area contributed by atoms with E-state index in [1.165, 1.54) is 6.33 Å². The molecule has 4 nitrogen and oxygen atoms in total. The molecule has 0 amide bonds. The van der Waals surface area contributed by atoms with Crippen molar-refractivity contribution in [2.75, 3.05) is 24.7 Å². The summed E-state index contributed by atoms with van der Waals surface area (Å²) in [5.41, 5.74) is 0. The Morgan fingerprint density at radius 2 is 2.43 bits per heavy atom. The van der Waals surface area contributed by atoms with Gasteiger partial charge in [-0.2, -0.15) is 0 Å². The highest BCUT2D eigenvalue weighted by Gasteiger charge is 2.20. The summed E-state index contributed by atoms with van der Waals surface area (Å²) in [6.07, 6.45) is 1.49. The van der Waals surface area contributed by atoms with Crippen LogP contribution in [0.15, 0.2) is 12.4 Å². The van der Waals surface area contributed by atoms with Gasteiger partial charge in [0.2, 0.25) is 0 Å². The lowest BCUT2D eigenvalue weighted by Gasteiger charge is -2.34. The van der Waals surface area contributed by atoms with Gasteiger partial charge in [-0.05, 0) is 6.92 Å². The fraction of sp³-hybridized carbons (Fsp3) is 0.556. The molecule has 1 aromatic heterocycles. The molecule has 1 unspecified atom stereocenters. The Balaban J connectivity index is 2.20. The Morgan fingerprint density at radius 1 is 1.57 bits per heavy atom. The van der Waals surface area contributed by atoms with Crippen LogP contribution in [0.5, 0.6) is 0 Å². The molecule has 5 heteroatoms. The summed E-state index contributed by atoms with van der Waals surface area (Å²) in [5.74, 6) is 0.876. The van der Waals surface area contributed by atoms with E-state index in [0.29, 0.717) is 11.2 Å². The molecule has 1 aromatic rings. The fourth-order valence-corrected chi connectivity index (χ4v) is 1.69. The molecule has 1 aliphatic rings. The Morgan fingerprint density at radius 3 is 3.14 bits per heavy atom. The summed E-state index contributed by atoms with van der Waals surface area (Å²) in [7, 11) is 0. The molecule has 0 saturated carbocycles. The number of halogens is 1.